The van der Waals surface area contributed by atoms with Crippen LogP contribution in [0.1, 0.15) is 11.1 Å². The highest BCUT2D eigenvalue weighted by molar-refractivity contribution is 7.85. The normalized spacial score (nSPS) is 11.5. The number of rotatable bonds is 3. The van der Waals surface area contributed by atoms with E-state index in [1.807, 2.05) is 0 Å². The highest BCUT2D eigenvalue weighted by Gasteiger charge is 2.09. The SMILES string of the molecule is O=S(=O)(O)c1ccc(Cc2ccc(F)cc2F)cc1. The Bertz CT molecular complexity index is 694. The minimum absolute atomic E-state index is 0.206. The Morgan fingerprint density at radius 1 is 1.00 bits per heavy atom. The Kier molecular flexibility index (Phi) is 3.64. The molecule has 100 valence electrons. The van der Waals surface area contributed by atoms with E-state index >= 15 is 0 Å². The lowest BCUT2D eigenvalue weighted by Gasteiger charge is -2.04. The van der Waals surface area contributed by atoms with E-state index in [1.165, 1.54) is 30.3 Å². The molecule has 0 aliphatic heterocycles. The van der Waals surface area contributed by atoms with Gasteiger partial charge in [0.15, 0.2) is 0 Å². The average Bonchev–Trinajstić information content (AvgIpc) is 2.32. The maximum absolute atomic E-state index is 13.4. The third-order valence-corrected chi connectivity index (χ3v) is 3.50. The molecule has 0 atom stereocenters. The summed E-state index contributed by atoms with van der Waals surface area (Å²) in [7, 11) is -4.23. The van der Waals surface area contributed by atoms with Crippen LogP contribution in [-0.2, 0) is 16.5 Å². The Morgan fingerprint density at radius 3 is 2.16 bits per heavy atom. The summed E-state index contributed by atoms with van der Waals surface area (Å²) in [5.74, 6) is -1.30. The van der Waals surface area contributed by atoms with Gasteiger partial charge in [0, 0.05) is 12.5 Å². The van der Waals surface area contributed by atoms with E-state index in [0.717, 1.165) is 12.1 Å². The fourth-order valence-corrected chi connectivity index (χ4v) is 2.14. The highest BCUT2D eigenvalue weighted by Crippen LogP contribution is 2.16. The second-order valence-corrected chi connectivity index (χ2v) is 5.45. The van der Waals surface area contributed by atoms with Crippen molar-refractivity contribution in [3.63, 3.8) is 0 Å². The van der Waals surface area contributed by atoms with Gasteiger partial charge >= 0.3 is 0 Å². The molecule has 0 bridgehead atoms. The van der Waals surface area contributed by atoms with Crippen LogP contribution in [0.2, 0.25) is 0 Å². The number of benzene rings is 2. The second-order valence-electron chi connectivity index (χ2n) is 4.03. The van der Waals surface area contributed by atoms with Crippen molar-refractivity contribution in [2.75, 3.05) is 0 Å². The third kappa shape index (κ3) is 3.36. The van der Waals surface area contributed by atoms with E-state index < -0.39 is 21.8 Å². The summed E-state index contributed by atoms with van der Waals surface area (Å²) >= 11 is 0. The van der Waals surface area contributed by atoms with Gasteiger partial charge in [0.2, 0.25) is 0 Å². The molecule has 0 fully saturated rings. The molecule has 0 aliphatic rings. The monoisotopic (exact) mass is 284 g/mol. The van der Waals surface area contributed by atoms with Gasteiger partial charge in [-0.25, -0.2) is 8.78 Å². The lowest BCUT2D eigenvalue weighted by atomic mass is 10.0. The van der Waals surface area contributed by atoms with Crippen LogP contribution in [0.5, 0.6) is 0 Å². The molecule has 0 saturated carbocycles. The van der Waals surface area contributed by atoms with Gasteiger partial charge in [-0.1, -0.05) is 18.2 Å². The Balaban J connectivity index is 2.25. The molecule has 0 aromatic heterocycles. The van der Waals surface area contributed by atoms with E-state index in [0.29, 0.717) is 11.1 Å². The zero-order chi connectivity index (χ0) is 14.0. The van der Waals surface area contributed by atoms with E-state index in [1.54, 1.807) is 0 Å². The molecule has 0 unspecified atom stereocenters. The maximum atomic E-state index is 13.4. The van der Waals surface area contributed by atoms with Crippen molar-refractivity contribution in [2.45, 2.75) is 11.3 Å². The molecule has 1 N–H and O–H groups in total. The van der Waals surface area contributed by atoms with Crippen LogP contribution < -0.4 is 0 Å². The molecule has 3 nitrogen and oxygen atoms in total. The Labute approximate surface area is 109 Å². The third-order valence-electron chi connectivity index (χ3n) is 2.63. The summed E-state index contributed by atoms with van der Waals surface area (Å²) in [4.78, 5) is -0.226. The van der Waals surface area contributed by atoms with Crippen molar-refractivity contribution in [1.29, 1.82) is 0 Å². The van der Waals surface area contributed by atoms with Crippen LogP contribution in [0.3, 0.4) is 0 Å². The number of halogens is 2. The first-order chi connectivity index (χ1) is 8.86. The molecule has 19 heavy (non-hydrogen) atoms. The summed E-state index contributed by atoms with van der Waals surface area (Å²) in [6, 6.07) is 8.67. The number of hydrogen-bond acceptors (Lipinski definition) is 2. The predicted octanol–water partition coefficient (Wildman–Crippen LogP) is 2.80. The van der Waals surface area contributed by atoms with Crippen LogP contribution in [0.25, 0.3) is 0 Å². The molecule has 2 aromatic rings. The van der Waals surface area contributed by atoms with Crippen LogP contribution >= 0.6 is 0 Å². The largest absolute Gasteiger partial charge is 0.294 e. The smallest absolute Gasteiger partial charge is 0.282 e. The standard InChI is InChI=1S/C13H10F2O3S/c14-11-4-3-10(13(15)8-11)7-9-1-5-12(6-2-9)19(16,17)18/h1-6,8H,7H2,(H,16,17,18). The molecule has 0 saturated heterocycles. The average molecular weight is 284 g/mol. The summed E-state index contributed by atoms with van der Waals surface area (Å²) < 4.78 is 56.7. The molecule has 2 rings (SSSR count). The van der Waals surface area contributed by atoms with Crippen molar-refractivity contribution in [3.8, 4) is 0 Å². The molecule has 2 aromatic carbocycles. The van der Waals surface area contributed by atoms with Crippen molar-refractivity contribution >= 4 is 10.1 Å². The maximum Gasteiger partial charge on any atom is 0.294 e. The van der Waals surface area contributed by atoms with Crippen LogP contribution in [0, 0.1) is 11.6 Å². The fraction of sp³-hybridized carbons (Fsp3) is 0.0769. The van der Waals surface area contributed by atoms with Crippen LogP contribution in [0.15, 0.2) is 47.4 Å². The van der Waals surface area contributed by atoms with Gasteiger partial charge in [0.25, 0.3) is 10.1 Å². The molecule has 0 radical (unpaired) electrons. The second kappa shape index (κ2) is 5.07. The first-order valence-electron chi connectivity index (χ1n) is 5.36. The lowest BCUT2D eigenvalue weighted by molar-refractivity contribution is 0.483. The topological polar surface area (TPSA) is 54.4 Å². The molecule has 0 amide bonds. The van der Waals surface area contributed by atoms with Gasteiger partial charge in [-0.05, 0) is 29.3 Å². The van der Waals surface area contributed by atoms with E-state index in [-0.39, 0.29) is 11.3 Å². The summed E-state index contributed by atoms with van der Waals surface area (Å²) in [5, 5.41) is 0. The van der Waals surface area contributed by atoms with Crippen LogP contribution in [-0.4, -0.2) is 13.0 Å². The molecule has 0 heterocycles. The minimum Gasteiger partial charge on any atom is -0.282 e. The lowest BCUT2D eigenvalue weighted by Crippen LogP contribution is -1.99. The summed E-state index contributed by atoms with van der Waals surface area (Å²) in [6.45, 7) is 0. The zero-order valence-electron chi connectivity index (χ0n) is 9.68. The predicted molar refractivity (Wildman–Crippen MR) is 65.4 cm³/mol. The van der Waals surface area contributed by atoms with Crippen molar-refractivity contribution in [3.05, 3.63) is 65.2 Å². The Morgan fingerprint density at radius 2 is 1.63 bits per heavy atom. The van der Waals surface area contributed by atoms with Gasteiger partial charge in [0.05, 0.1) is 4.90 Å². The molecule has 6 heteroatoms. The van der Waals surface area contributed by atoms with Crippen LogP contribution in [0.4, 0.5) is 8.78 Å². The first-order valence-corrected chi connectivity index (χ1v) is 6.80. The first kappa shape index (κ1) is 13.6. The quantitative estimate of drug-likeness (QED) is 0.882. The number of hydrogen-bond donors (Lipinski definition) is 1. The van der Waals surface area contributed by atoms with Gasteiger partial charge in [0.1, 0.15) is 11.6 Å². The minimum atomic E-state index is -4.23. The van der Waals surface area contributed by atoms with E-state index in [2.05, 4.69) is 0 Å². The highest BCUT2D eigenvalue weighted by atomic mass is 32.2. The van der Waals surface area contributed by atoms with E-state index in [4.69, 9.17) is 4.55 Å². The van der Waals surface area contributed by atoms with Gasteiger partial charge in [-0.3, -0.25) is 4.55 Å². The van der Waals surface area contributed by atoms with Crippen molar-refractivity contribution < 1.29 is 21.8 Å². The molecular weight excluding hydrogens is 274 g/mol. The van der Waals surface area contributed by atoms with E-state index in [9.17, 15) is 17.2 Å². The summed E-state index contributed by atoms with van der Waals surface area (Å²) in [6.07, 6.45) is 0.206. The van der Waals surface area contributed by atoms with Gasteiger partial charge in [-0.15, -0.1) is 0 Å². The molecular formula is C13H10F2O3S. The fourth-order valence-electron chi connectivity index (χ4n) is 1.66. The zero-order valence-corrected chi connectivity index (χ0v) is 10.5. The van der Waals surface area contributed by atoms with Gasteiger partial charge in [-0.2, -0.15) is 8.42 Å². The van der Waals surface area contributed by atoms with Crippen molar-refractivity contribution in [2.24, 2.45) is 0 Å². The summed E-state index contributed by atoms with van der Waals surface area (Å²) in [5.41, 5.74) is 0.957. The van der Waals surface area contributed by atoms with Crippen molar-refractivity contribution in [1.82, 2.24) is 0 Å². The molecule has 0 spiro atoms. The Hall–Kier alpha value is -1.79. The van der Waals surface area contributed by atoms with Gasteiger partial charge < -0.3 is 0 Å². The molecule has 0 aliphatic carbocycles.